The fourth-order valence-corrected chi connectivity index (χ4v) is 3.31. The minimum Gasteiger partial charge on any atom is -0.490 e. The van der Waals surface area contributed by atoms with E-state index in [1.54, 1.807) is 0 Å². The van der Waals surface area contributed by atoms with Gasteiger partial charge in [-0.2, -0.15) is 0 Å². The number of hydrogen-bond donors (Lipinski definition) is 1. The van der Waals surface area contributed by atoms with Crippen LogP contribution in [0, 0.1) is 5.92 Å². The lowest BCUT2D eigenvalue weighted by atomic mass is 9.88. The van der Waals surface area contributed by atoms with Gasteiger partial charge in [0.25, 0.3) is 0 Å². The van der Waals surface area contributed by atoms with Gasteiger partial charge in [0.15, 0.2) is 0 Å². The van der Waals surface area contributed by atoms with Gasteiger partial charge in [-0.15, -0.1) is 0 Å². The molecule has 20 heavy (non-hydrogen) atoms. The Morgan fingerprint density at radius 2 is 2.10 bits per heavy atom. The SMILES string of the molecule is CCNC(C)c1ccc(OC2CCCCC2C)cc1Cl. The van der Waals surface area contributed by atoms with Crippen LogP contribution in [-0.2, 0) is 0 Å². The highest BCUT2D eigenvalue weighted by atomic mass is 35.5. The van der Waals surface area contributed by atoms with Crippen LogP contribution in [-0.4, -0.2) is 12.6 Å². The number of ether oxygens (including phenoxy) is 1. The quantitative estimate of drug-likeness (QED) is 0.828. The van der Waals surface area contributed by atoms with E-state index in [9.17, 15) is 0 Å². The number of rotatable bonds is 5. The number of benzene rings is 1. The van der Waals surface area contributed by atoms with Crippen LogP contribution in [0.4, 0.5) is 0 Å². The molecule has 0 heterocycles. The summed E-state index contributed by atoms with van der Waals surface area (Å²) < 4.78 is 6.14. The highest BCUT2D eigenvalue weighted by molar-refractivity contribution is 6.31. The third kappa shape index (κ3) is 3.89. The van der Waals surface area contributed by atoms with Crippen molar-refractivity contribution in [2.75, 3.05) is 6.54 Å². The first kappa shape index (κ1) is 15.7. The maximum Gasteiger partial charge on any atom is 0.121 e. The molecule has 1 aromatic carbocycles. The molecule has 1 aliphatic rings. The molecule has 0 amide bonds. The van der Waals surface area contributed by atoms with Crippen molar-refractivity contribution in [3.8, 4) is 5.75 Å². The zero-order valence-corrected chi connectivity index (χ0v) is 13.5. The van der Waals surface area contributed by atoms with Crippen molar-refractivity contribution in [3.63, 3.8) is 0 Å². The van der Waals surface area contributed by atoms with Crippen molar-refractivity contribution < 1.29 is 4.74 Å². The molecule has 0 aromatic heterocycles. The first-order valence-corrected chi connectivity index (χ1v) is 8.19. The minimum atomic E-state index is 0.273. The molecular formula is C17H26ClNO. The van der Waals surface area contributed by atoms with Crippen molar-refractivity contribution in [2.45, 2.75) is 58.6 Å². The van der Waals surface area contributed by atoms with Crippen LogP contribution in [0.25, 0.3) is 0 Å². The van der Waals surface area contributed by atoms with E-state index in [2.05, 4.69) is 38.2 Å². The molecule has 0 bridgehead atoms. The Morgan fingerprint density at radius 3 is 2.75 bits per heavy atom. The number of nitrogens with one attached hydrogen (secondary N) is 1. The highest BCUT2D eigenvalue weighted by Crippen LogP contribution is 2.31. The molecule has 1 saturated carbocycles. The van der Waals surface area contributed by atoms with Gasteiger partial charge < -0.3 is 10.1 Å². The summed E-state index contributed by atoms with van der Waals surface area (Å²) in [5, 5.41) is 4.18. The summed E-state index contributed by atoms with van der Waals surface area (Å²) in [5.74, 6) is 1.55. The molecule has 1 aromatic rings. The van der Waals surface area contributed by atoms with E-state index >= 15 is 0 Å². The van der Waals surface area contributed by atoms with Gasteiger partial charge in [-0.05, 0) is 56.3 Å². The molecule has 2 rings (SSSR count). The van der Waals surface area contributed by atoms with Crippen LogP contribution in [0.15, 0.2) is 18.2 Å². The third-order valence-corrected chi connectivity index (χ3v) is 4.60. The van der Waals surface area contributed by atoms with Gasteiger partial charge in [-0.25, -0.2) is 0 Å². The first-order chi connectivity index (χ1) is 9.61. The van der Waals surface area contributed by atoms with Crippen LogP contribution >= 0.6 is 11.6 Å². The standard InChI is InChI=1S/C17H26ClNO/c1-4-19-13(3)15-10-9-14(11-16(15)18)20-17-8-6-5-7-12(17)2/h9-13,17,19H,4-8H2,1-3H3. The second kappa shape index (κ2) is 7.33. The monoisotopic (exact) mass is 295 g/mol. The predicted molar refractivity (Wildman–Crippen MR) is 85.6 cm³/mol. The van der Waals surface area contributed by atoms with Gasteiger partial charge in [0.05, 0.1) is 0 Å². The molecule has 3 unspecified atom stereocenters. The van der Waals surface area contributed by atoms with Gasteiger partial charge in [0, 0.05) is 11.1 Å². The topological polar surface area (TPSA) is 21.3 Å². The maximum atomic E-state index is 6.39. The lowest BCUT2D eigenvalue weighted by Crippen LogP contribution is -2.28. The van der Waals surface area contributed by atoms with Crippen LogP contribution in [0.2, 0.25) is 5.02 Å². The van der Waals surface area contributed by atoms with E-state index in [-0.39, 0.29) is 6.04 Å². The smallest absolute Gasteiger partial charge is 0.121 e. The number of hydrogen-bond acceptors (Lipinski definition) is 2. The zero-order valence-electron chi connectivity index (χ0n) is 12.8. The summed E-state index contributed by atoms with van der Waals surface area (Å²) in [4.78, 5) is 0. The van der Waals surface area contributed by atoms with Crippen molar-refractivity contribution in [2.24, 2.45) is 5.92 Å². The van der Waals surface area contributed by atoms with Crippen molar-refractivity contribution >= 4 is 11.6 Å². The predicted octanol–water partition coefficient (Wildman–Crippen LogP) is 4.97. The maximum absolute atomic E-state index is 6.39. The Morgan fingerprint density at radius 1 is 1.35 bits per heavy atom. The van der Waals surface area contributed by atoms with Crippen LogP contribution in [0.5, 0.6) is 5.75 Å². The Bertz CT molecular complexity index is 435. The summed E-state index contributed by atoms with van der Waals surface area (Å²) in [7, 11) is 0. The molecule has 0 aliphatic heterocycles. The minimum absolute atomic E-state index is 0.273. The second-order valence-corrected chi connectivity index (χ2v) is 6.29. The summed E-state index contributed by atoms with van der Waals surface area (Å²) in [6, 6.07) is 6.37. The fraction of sp³-hybridized carbons (Fsp3) is 0.647. The zero-order chi connectivity index (χ0) is 14.5. The lowest BCUT2D eigenvalue weighted by molar-refractivity contribution is 0.102. The Labute approximate surface area is 127 Å². The van der Waals surface area contributed by atoms with Crippen molar-refractivity contribution in [1.29, 1.82) is 0 Å². The summed E-state index contributed by atoms with van der Waals surface area (Å²) in [6.45, 7) is 7.46. The van der Waals surface area contributed by atoms with E-state index < -0.39 is 0 Å². The van der Waals surface area contributed by atoms with E-state index in [0.717, 1.165) is 29.3 Å². The average molecular weight is 296 g/mol. The lowest BCUT2D eigenvalue weighted by Gasteiger charge is -2.29. The highest BCUT2D eigenvalue weighted by Gasteiger charge is 2.23. The molecule has 3 atom stereocenters. The number of halogens is 1. The third-order valence-electron chi connectivity index (χ3n) is 4.27. The van der Waals surface area contributed by atoms with Gasteiger partial charge in [0.1, 0.15) is 11.9 Å². The first-order valence-electron chi connectivity index (χ1n) is 7.81. The van der Waals surface area contributed by atoms with Gasteiger partial charge >= 0.3 is 0 Å². The average Bonchev–Trinajstić information content (AvgIpc) is 2.42. The molecular weight excluding hydrogens is 270 g/mol. The van der Waals surface area contributed by atoms with Crippen LogP contribution in [0.3, 0.4) is 0 Å². The summed E-state index contributed by atoms with van der Waals surface area (Å²) in [6.07, 6.45) is 5.39. The van der Waals surface area contributed by atoms with Gasteiger partial charge in [-0.1, -0.05) is 37.9 Å². The molecule has 1 aliphatic carbocycles. The Hall–Kier alpha value is -0.730. The van der Waals surface area contributed by atoms with Gasteiger partial charge in [0.2, 0.25) is 0 Å². The van der Waals surface area contributed by atoms with Crippen molar-refractivity contribution in [1.82, 2.24) is 5.32 Å². The normalized spacial score (nSPS) is 24.4. The van der Waals surface area contributed by atoms with E-state index in [0.29, 0.717) is 12.0 Å². The van der Waals surface area contributed by atoms with E-state index in [1.165, 1.54) is 19.3 Å². The second-order valence-electron chi connectivity index (χ2n) is 5.88. The fourth-order valence-electron chi connectivity index (χ4n) is 2.98. The molecule has 0 spiro atoms. The summed E-state index contributed by atoms with van der Waals surface area (Å²) in [5.41, 5.74) is 1.14. The molecule has 3 heteroatoms. The van der Waals surface area contributed by atoms with Crippen LogP contribution in [0.1, 0.15) is 58.1 Å². The molecule has 1 fully saturated rings. The summed E-state index contributed by atoms with van der Waals surface area (Å²) >= 11 is 6.39. The van der Waals surface area contributed by atoms with Crippen molar-refractivity contribution in [3.05, 3.63) is 28.8 Å². The Kier molecular flexibility index (Phi) is 5.74. The molecule has 0 saturated heterocycles. The Balaban J connectivity index is 2.04. The van der Waals surface area contributed by atoms with E-state index in [4.69, 9.17) is 16.3 Å². The molecule has 1 N–H and O–H groups in total. The molecule has 0 radical (unpaired) electrons. The molecule has 112 valence electrons. The molecule has 2 nitrogen and oxygen atoms in total. The van der Waals surface area contributed by atoms with Gasteiger partial charge in [-0.3, -0.25) is 0 Å². The largest absolute Gasteiger partial charge is 0.490 e. The van der Waals surface area contributed by atoms with E-state index in [1.807, 2.05) is 6.07 Å². The van der Waals surface area contributed by atoms with Crippen LogP contribution < -0.4 is 10.1 Å².